The van der Waals surface area contributed by atoms with Crippen molar-refractivity contribution in [3.63, 3.8) is 0 Å². The second-order valence-electron chi connectivity index (χ2n) is 6.31. The molecule has 7 heteroatoms. The van der Waals surface area contributed by atoms with Crippen LogP contribution in [0.5, 0.6) is 0 Å². The molecule has 132 valence electrons. The van der Waals surface area contributed by atoms with Gasteiger partial charge in [0.25, 0.3) is 5.91 Å². The molecule has 0 aliphatic carbocycles. The summed E-state index contributed by atoms with van der Waals surface area (Å²) in [6.45, 7) is 2.03. The number of pyridine rings is 1. The minimum absolute atomic E-state index is 0.00908. The van der Waals surface area contributed by atoms with Gasteiger partial charge in [-0.2, -0.15) is 0 Å². The molecule has 0 radical (unpaired) electrons. The Balaban J connectivity index is 1.66. The summed E-state index contributed by atoms with van der Waals surface area (Å²) in [7, 11) is -3.02. The van der Waals surface area contributed by atoms with E-state index in [1.54, 1.807) is 12.3 Å². The maximum absolute atomic E-state index is 12.3. The third kappa shape index (κ3) is 4.57. The maximum atomic E-state index is 12.3. The largest absolute Gasteiger partial charge is 0.377 e. The first-order chi connectivity index (χ1) is 11.9. The highest BCUT2D eigenvalue weighted by Gasteiger charge is 2.29. The Kier molecular flexibility index (Phi) is 5.03. The lowest BCUT2D eigenvalue weighted by Crippen LogP contribution is -2.35. The van der Waals surface area contributed by atoms with Gasteiger partial charge in [-0.1, -0.05) is 30.3 Å². The molecule has 2 unspecified atom stereocenters. The SMILES string of the molecule is CC(Nc1cncc(C(=O)NC2CCS(=O)(=O)C2)c1)c1ccccc1. The molecule has 1 aromatic carbocycles. The lowest BCUT2D eigenvalue weighted by molar-refractivity contribution is 0.0941. The van der Waals surface area contributed by atoms with Gasteiger partial charge in [0.2, 0.25) is 0 Å². The molecule has 3 rings (SSSR count). The molecule has 1 aliphatic rings. The number of nitrogens with one attached hydrogen (secondary N) is 2. The van der Waals surface area contributed by atoms with E-state index >= 15 is 0 Å². The van der Waals surface area contributed by atoms with E-state index in [-0.39, 0.29) is 29.5 Å². The molecule has 2 heterocycles. The minimum atomic E-state index is -3.02. The van der Waals surface area contributed by atoms with Crippen LogP contribution >= 0.6 is 0 Å². The molecule has 2 aromatic rings. The van der Waals surface area contributed by atoms with Crippen molar-refractivity contribution < 1.29 is 13.2 Å². The predicted molar refractivity (Wildman–Crippen MR) is 97.2 cm³/mol. The van der Waals surface area contributed by atoms with Crippen LogP contribution in [0.4, 0.5) is 5.69 Å². The third-order valence-corrected chi connectivity index (χ3v) is 6.02. The fourth-order valence-electron chi connectivity index (χ4n) is 2.90. The zero-order chi connectivity index (χ0) is 17.9. The van der Waals surface area contributed by atoms with E-state index in [1.807, 2.05) is 37.3 Å². The van der Waals surface area contributed by atoms with Crippen molar-refractivity contribution in [1.29, 1.82) is 0 Å². The summed E-state index contributed by atoms with van der Waals surface area (Å²) in [6.07, 6.45) is 3.61. The summed E-state index contributed by atoms with van der Waals surface area (Å²) in [5.41, 5.74) is 2.28. The molecular weight excluding hydrogens is 338 g/mol. The van der Waals surface area contributed by atoms with Gasteiger partial charge in [-0.25, -0.2) is 8.42 Å². The first-order valence-electron chi connectivity index (χ1n) is 8.21. The van der Waals surface area contributed by atoms with Gasteiger partial charge in [-0.05, 0) is 25.0 Å². The standard InChI is InChI=1S/C18H21N3O3S/c1-13(14-5-3-2-4-6-14)20-17-9-15(10-19-11-17)18(22)21-16-7-8-25(23,24)12-16/h2-6,9-11,13,16,20H,7-8,12H2,1H3,(H,21,22). The van der Waals surface area contributed by atoms with E-state index < -0.39 is 9.84 Å². The Bertz CT molecular complexity index is 853. The summed E-state index contributed by atoms with van der Waals surface area (Å²) >= 11 is 0. The van der Waals surface area contributed by atoms with Gasteiger partial charge in [0.1, 0.15) is 0 Å². The number of sulfone groups is 1. The lowest BCUT2D eigenvalue weighted by Gasteiger charge is -2.16. The van der Waals surface area contributed by atoms with Gasteiger partial charge < -0.3 is 10.6 Å². The lowest BCUT2D eigenvalue weighted by atomic mass is 10.1. The highest BCUT2D eigenvalue weighted by molar-refractivity contribution is 7.91. The summed E-state index contributed by atoms with van der Waals surface area (Å²) in [5, 5.41) is 6.10. The first kappa shape index (κ1) is 17.4. The molecule has 2 N–H and O–H groups in total. The van der Waals surface area contributed by atoms with Crippen LogP contribution in [0, 0.1) is 0 Å². The molecule has 0 bridgehead atoms. The molecule has 1 aliphatic heterocycles. The number of benzene rings is 1. The Morgan fingerprint density at radius 2 is 2.00 bits per heavy atom. The van der Waals surface area contributed by atoms with Gasteiger partial charge in [-0.15, -0.1) is 0 Å². The van der Waals surface area contributed by atoms with E-state index in [2.05, 4.69) is 15.6 Å². The zero-order valence-corrected chi connectivity index (χ0v) is 14.8. The second-order valence-corrected chi connectivity index (χ2v) is 8.54. The number of aromatic nitrogens is 1. The molecule has 0 spiro atoms. The van der Waals surface area contributed by atoms with E-state index in [0.29, 0.717) is 12.0 Å². The van der Waals surface area contributed by atoms with Gasteiger partial charge in [0, 0.05) is 24.5 Å². The Labute approximate surface area is 147 Å². The van der Waals surface area contributed by atoms with Crippen LogP contribution in [0.25, 0.3) is 0 Å². The van der Waals surface area contributed by atoms with E-state index in [4.69, 9.17) is 0 Å². The smallest absolute Gasteiger partial charge is 0.253 e. The topological polar surface area (TPSA) is 88.2 Å². The average Bonchev–Trinajstić information content (AvgIpc) is 2.94. The summed E-state index contributed by atoms with van der Waals surface area (Å²) in [4.78, 5) is 16.5. The minimum Gasteiger partial charge on any atom is -0.377 e. The van der Waals surface area contributed by atoms with Gasteiger partial charge in [0.15, 0.2) is 9.84 Å². The predicted octanol–water partition coefficient (Wildman–Crippen LogP) is 2.17. The van der Waals surface area contributed by atoms with Gasteiger partial charge >= 0.3 is 0 Å². The normalized spacial score (nSPS) is 20.0. The number of amides is 1. The number of anilines is 1. The van der Waals surface area contributed by atoms with Crippen molar-refractivity contribution in [1.82, 2.24) is 10.3 Å². The van der Waals surface area contributed by atoms with Crippen LogP contribution in [-0.2, 0) is 9.84 Å². The summed E-state index contributed by atoms with van der Waals surface area (Å²) in [5.74, 6) is -0.160. The molecule has 1 aromatic heterocycles. The van der Waals surface area contributed by atoms with E-state index in [1.165, 1.54) is 6.20 Å². The number of carbonyl (C=O) groups excluding carboxylic acids is 1. The maximum Gasteiger partial charge on any atom is 0.253 e. The molecular formula is C18H21N3O3S. The van der Waals surface area contributed by atoms with Gasteiger partial charge in [0.05, 0.1) is 22.8 Å². The summed E-state index contributed by atoms with van der Waals surface area (Å²) in [6, 6.07) is 11.5. The number of hydrogen-bond acceptors (Lipinski definition) is 5. The molecule has 6 nitrogen and oxygen atoms in total. The van der Waals surface area contributed by atoms with Crippen LogP contribution in [0.2, 0.25) is 0 Å². The third-order valence-electron chi connectivity index (χ3n) is 4.25. The highest BCUT2D eigenvalue weighted by Crippen LogP contribution is 2.19. The fraction of sp³-hybridized carbons (Fsp3) is 0.333. The van der Waals surface area contributed by atoms with Crippen molar-refractivity contribution in [2.24, 2.45) is 0 Å². The highest BCUT2D eigenvalue weighted by atomic mass is 32.2. The monoisotopic (exact) mass is 359 g/mol. The van der Waals surface area contributed by atoms with Crippen molar-refractivity contribution in [3.8, 4) is 0 Å². The molecule has 0 saturated carbocycles. The molecule has 2 atom stereocenters. The Morgan fingerprint density at radius 3 is 2.68 bits per heavy atom. The molecule has 1 saturated heterocycles. The first-order valence-corrected chi connectivity index (χ1v) is 10.0. The van der Waals surface area contributed by atoms with Crippen molar-refractivity contribution >= 4 is 21.4 Å². The zero-order valence-electron chi connectivity index (χ0n) is 14.0. The van der Waals surface area contributed by atoms with Crippen LogP contribution in [0.15, 0.2) is 48.8 Å². The average molecular weight is 359 g/mol. The number of nitrogens with zero attached hydrogens (tertiary/aromatic N) is 1. The van der Waals surface area contributed by atoms with Crippen molar-refractivity contribution in [3.05, 3.63) is 59.9 Å². The van der Waals surface area contributed by atoms with Crippen molar-refractivity contribution in [2.75, 3.05) is 16.8 Å². The van der Waals surface area contributed by atoms with Crippen LogP contribution < -0.4 is 10.6 Å². The fourth-order valence-corrected chi connectivity index (χ4v) is 4.57. The van der Waals surface area contributed by atoms with E-state index in [9.17, 15) is 13.2 Å². The van der Waals surface area contributed by atoms with Crippen LogP contribution in [0.3, 0.4) is 0 Å². The van der Waals surface area contributed by atoms with Crippen LogP contribution in [-0.4, -0.2) is 36.9 Å². The summed E-state index contributed by atoms with van der Waals surface area (Å²) < 4.78 is 23.0. The molecule has 1 fully saturated rings. The number of hydrogen-bond donors (Lipinski definition) is 2. The molecule has 1 amide bonds. The quantitative estimate of drug-likeness (QED) is 0.854. The second kappa shape index (κ2) is 7.23. The van der Waals surface area contributed by atoms with E-state index in [0.717, 1.165) is 11.3 Å². The van der Waals surface area contributed by atoms with Gasteiger partial charge in [-0.3, -0.25) is 9.78 Å². The van der Waals surface area contributed by atoms with Crippen LogP contribution in [0.1, 0.15) is 35.3 Å². The Hall–Kier alpha value is -2.41. The Morgan fingerprint density at radius 1 is 1.24 bits per heavy atom. The number of rotatable bonds is 5. The van der Waals surface area contributed by atoms with Crippen molar-refractivity contribution in [2.45, 2.75) is 25.4 Å². The molecule has 25 heavy (non-hydrogen) atoms. The number of carbonyl (C=O) groups is 1.